The van der Waals surface area contributed by atoms with Crippen LogP contribution in [0.1, 0.15) is 46.0 Å². The van der Waals surface area contributed by atoms with Crippen molar-refractivity contribution in [3.05, 3.63) is 141 Å². The molecule has 0 aliphatic rings. The molecule has 0 saturated heterocycles. The monoisotopic (exact) mass is 1000 g/mol. The Labute approximate surface area is 410 Å². The van der Waals surface area contributed by atoms with Gasteiger partial charge in [-0.3, -0.25) is 24.0 Å². The Hall–Kier alpha value is -5.06. The van der Waals surface area contributed by atoms with Gasteiger partial charge < -0.3 is 28.4 Å². The van der Waals surface area contributed by atoms with Crippen LogP contribution in [-0.4, -0.2) is 107 Å². The summed E-state index contributed by atoms with van der Waals surface area (Å²) < 4.78 is 44.5. The number of aromatic nitrogens is 3. The summed E-state index contributed by atoms with van der Waals surface area (Å²) in [6, 6.07) is 18.2. The largest absolute Gasteiger partial charge is 0.465 e. The lowest BCUT2D eigenvalue weighted by molar-refractivity contribution is -0.176. The van der Waals surface area contributed by atoms with Crippen molar-refractivity contribution in [3.63, 3.8) is 0 Å². The molecule has 0 unspecified atom stereocenters. The summed E-state index contributed by atoms with van der Waals surface area (Å²) in [6.07, 6.45) is 4.53. The number of methoxy groups -OCH3 is 2. The second-order valence-electron chi connectivity index (χ2n) is 13.7. The number of esters is 4. The molecule has 0 aliphatic heterocycles. The van der Waals surface area contributed by atoms with E-state index in [1.807, 2.05) is 48.5 Å². The van der Waals surface area contributed by atoms with Gasteiger partial charge in [0.05, 0.1) is 45.3 Å². The summed E-state index contributed by atoms with van der Waals surface area (Å²) in [6.45, 7) is 9.45. The highest BCUT2D eigenvalue weighted by molar-refractivity contribution is 7.80. The fraction of sp³-hybridized carbons (Fsp3) is 0.422. The predicted octanol–water partition coefficient (Wildman–Crippen LogP) is 4.66. The van der Waals surface area contributed by atoms with Gasteiger partial charge in [0.15, 0.2) is 0 Å². The maximum atomic E-state index is 12.7. The molecular weight excluding hydrogens is 935 g/mol. The van der Waals surface area contributed by atoms with Gasteiger partial charge in [0.2, 0.25) is 5.78 Å². The number of hydrogen-bond acceptors (Lipinski definition) is 18. The van der Waals surface area contributed by atoms with E-state index >= 15 is 0 Å². The Morgan fingerprint density at radius 2 is 0.833 bits per heavy atom. The van der Waals surface area contributed by atoms with Crippen LogP contribution in [0.3, 0.4) is 0 Å². The number of allylic oxidation sites excluding steroid dienone is 3. The van der Waals surface area contributed by atoms with E-state index in [1.54, 1.807) is 12.1 Å². The van der Waals surface area contributed by atoms with Crippen LogP contribution >= 0.6 is 50.5 Å². The van der Waals surface area contributed by atoms with E-state index in [-0.39, 0.29) is 102 Å². The number of thiol groups is 4. The highest BCUT2D eigenvalue weighted by Gasteiger charge is 2.41. The second-order valence-corrected chi connectivity index (χ2v) is 15.5. The summed E-state index contributed by atoms with van der Waals surface area (Å²) >= 11 is 15.9. The van der Waals surface area contributed by atoms with E-state index in [0.29, 0.717) is 11.1 Å². The van der Waals surface area contributed by atoms with Crippen LogP contribution in [0.4, 0.5) is 0 Å². The Bertz CT molecular complexity index is 2010. The molecule has 0 radical (unpaired) electrons. The first kappa shape index (κ1) is 57.1. The van der Waals surface area contributed by atoms with Crippen molar-refractivity contribution in [3.8, 4) is 0 Å². The van der Waals surface area contributed by atoms with Crippen molar-refractivity contribution in [2.24, 2.45) is 5.41 Å². The zero-order valence-electron chi connectivity index (χ0n) is 39.1. The van der Waals surface area contributed by atoms with E-state index in [4.69, 9.17) is 31.4 Å². The topological polar surface area (TPSA) is 207 Å². The van der Waals surface area contributed by atoms with E-state index in [1.165, 1.54) is 32.4 Å². The van der Waals surface area contributed by atoms with Crippen LogP contribution < -0.4 is 17.1 Å². The number of ketones is 1. The summed E-state index contributed by atoms with van der Waals surface area (Å²) in [5.41, 5.74) is -2.01. The van der Waals surface area contributed by atoms with Crippen LogP contribution in [-0.2, 0) is 73.0 Å². The number of benzene rings is 2. The van der Waals surface area contributed by atoms with E-state index in [2.05, 4.69) is 70.3 Å². The molecule has 0 amide bonds. The molecule has 366 valence electrons. The molecule has 0 atom stereocenters. The van der Waals surface area contributed by atoms with Gasteiger partial charge in [0, 0.05) is 52.8 Å². The van der Waals surface area contributed by atoms with Crippen molar-refractivity contribution >= 4 is 80.2 Å². The highest BCUT2D eigenvalue weighted by Crippen LogP contribution is 2.30. The SMILES string of the molecule is C=CCn1c(=O)n(CC=C)c(=O)n(CC=C)c1=O.COC(OC)(C(=O)c1ccccc1)c1ccccc1.O=C(CCS)OCC(COC(=O)CCS)(COC(=O)CCS)COC(=O)CCS.[3HH].[3H][3H]. The van der Waals surface area contributed by atoms with E-state index in [0.717, 1.165) is 13.7 Å². The number of carbonyl (C=O) groups is 5. The Kier molecular flexibility index (Phi) is 28.2. The van der Waals surface area contributed by atoms with Crippen LogP contribution in [0.5, 0.6) is 0 Å². The first-order valence-corrected chi connectivity index (χ1v) is 22.8. The average molecular weight is 1000 g/mol. The standard InChI is InChI=1S/C17H28O8S4.C16H16O3.C12H15N3O3.2H2/c18-13(1-5-26)22-9-17(10-23-14(19)2-6-27,11-24-15(20)3-7-28)12-25-16(21)4-8-29;1-18-16(19-2,14-11-7-4-8-12-14)15(17)13-9-5-3-6-10-13;1-4-7-13-10(16)14(8-5-2)12(18)15(9-6-3)11(13)17;;/h26-29H,1-12H2;3-12H,1-2H3;4-6H,1-3,7-9H2;2*1H/i;;;1+2T;1+2. The van der Waals surface area contributed by atoms with Crippen molar-refractivity contribution in [1.29, 1.82) is 0 Å². The molecular formula is C45H63N3O14S4. The molecule has 17 nitrogen and oxygen atoms in total. The molecule has 21 heteroatoms. The zero-order chi connectivity index (χ0) is 51.5. The first-order valence-electron chi connectivity index (χ1n) is 21.2. The third kappa shape index (κ3) is 19.0. The van der Waals surface area contributed by atoms with Gasteiger partial charge in [-0.15, -0.1) is 19.7 Å². The quantitative estimate of drug-likeness (QED) is 0.0205. The number of hydrogen-bond donors (Lipinski definition) is 4. The maximum absolute atomic E-state index is 12.7. The van der Waals surface area contributed by atoms with Gasteiger partial charge in [0.1, 0.15) is 31.8 Å². The van der Waals surface area contributed by atoms with Gasteiger partial charge in [-0.1, -0.05) is 78.9 Å². The summed E-state index contributed by atoms with van der Waals surface area (Å²) in [5, 5.41) is 0. The minimum absolute atomic E-state index is 0. The molecule has 0 saturated carbocycles. The lowest BCUT2D eigenvalue weighted by Gasteiger charge is -2.31. The summed E-state index contributed by atoms with van der Waals surface area (Å²) in [7, 11) is 2.94. The molecule has 3 aromatic rings. The van der Waals surface area contributed by atoms with Crippen molar-refractivity contribution in [2.45, 2.75) is 51.1 Å². The number of nitrogens with zero attached hydrogens (tertiary/aromatic N) is 3. The summed E-state index contributed by atoms with van der Waals surface area (Å²) in [5.74, 6) is -2.60. The lowest BCUT2D eigenvalue weighted by atomic mass is 9.92. The van der Waals surface area contributed by atoms with Crippen LogP contribution in [0, 0.1) is 5.41 Å². The second kappa shape index (κ2) is 32.6. The van der Waals surface area contributed by atoms with Gasteiger partial charge in [-0.25, -0.2) is 28.1 Å². The highest BCUT2D eigenvalue weighted by atomic mass is 32.1. The van der Waals surface area contributed by atoms with Gasteiger partial charge in [0.25, 0.3) is 5.79 Å². The smallest absolute Gasteiger partial charge is 0.336 e. The molecule has 0 fully saturated rings. The molecule has 0 aliphatic carbocycles. The van der Waals surface area contributed by atoms with Gasteiger partial charge in [-0.2, -0.15) is 50.5 Å². The molecule has 1 heterocycles. The molecule has 0 N–H and O–H groups in total. The van der Waals surface area contributed by atoms with Gasteiger partial charge in [-0.05, 0) is 0 Å². The lowest BCUT2D eigenvalue weighted by Crippen LogP contribution is -2.54. The van der Waals surface area contributed by atoms with Crippen molar-refractivity contribution in [2.75, 3.05) is 63.7 Å². The third-order valence-electron chi connectivity index (χ3n) is 8.81. The van der Waals surface area contributed by atoms with Gasteiger partial charge >= 0.3 is 40.9 Å². The van der Waals surface area contributed by atoms with Crippen molar-refractivity contribution in [1.82, 2.24) is 13.7 Å². The number of carbonyl (C=O) groups excluding carboxylic acids is 5. The van der Waals surface area contributed by atoms with Crippen molar-refractivity contribution < 1.29 is 56.8 Å². The molecule has 66 heavy (non-hydrogen) atoms. The predicted molar refractivity (Wildman–Crippen MR) is 267 cm³/mol. The Morgan fingerprint density at radius 1 is 0.545 bits per heavy atom. The maximum Gasteiger partial charge on any atom is 0.336 e. The van der Waals surface area contributed by atoms with Crippen LogP contribution in [0.25, 0.3) is 0 Å². The van der Waals surface area contributed by atoms with E-state index in [9.17, 15) is 38.4 Å². The number of Topliss-reactive ketones (excluding diaryl/α,β-unsaturated/α-hetero) is 1. The molecule has 0 bridgehead atoms. The summed E-state index contributed by atoms with van der Waals surface area (Å²) in [4.78, 5) is 95.6. The van der Waals surface area contributed by atoms with Crippen LogP contribution in [0.15, 0.2) is 113 Å². The van der Waals surface area contributed by atoms with E-state index < -0.39 is 52.1 Å². The third-order valence-corrected chi connectivity index (χ3v) is 9.70. The zero-order valence-corrected chi connectivity index (χ0v) is 40.7. The minimum atomic E-state index is -1.40. The molecule has 3 rings (SSSR count). The van der Waals surface area contributed by atoms with Crippen LogP contribution in [0.2, 0.25) is 0 Å². The molecule has 0 spiro atoms. The number of ether oxygens (including phenoxy) is 6. The normalized spacial score (nSPS) is 10.9. The molecule has 1 aromatic heterocycles. The fourth-order valence-corrected chi connectivity index (χ4v) is 6.18. The first-order chi connectivity index (χ1) is 32.6. The molecule has 2 aromatic carbocycles. The average Bonchev–Trinajstić information content (AvgIpc) is 3.35. The minimum Gasteiger partial charge on any atom is -0.465 e. The Morgan fingerprint density at radius 3 is 1.09 bits per heavy atom. The number of rotatable bonds is 27. The Balaban J connectivity index is 0. The fourth-order valence-electron chi connectivity index (χ4n) is 5.45.